The number of fused-ring (bicyclic) bond motifs is 4. The number of piperidine rings is 1. The van der Waals surface area contributed by atoms with Gasteiger partial charge in [0.2, 0.25) is 11.8 Å². The lowest BCUT2D eigenvalue weighted by molar-refractivity contribution is -0.159. The normalized spacial score (nSPS) is 23.6. The van der Waals surface area contributed by atoms with Crippen LogP contribution in [0.4, 0.5) is 4.79 Å². The summed E-state index contributed by atoms with van der Waals surface area (Å²) in [6.07, 6.45) is 1.06. The molecule has 0 unspecified atom stereocenters. The summed E-state index contributed by atoms with van der Waals surface area (Å²) in [7, 11) is 4.40. The number of hydrogen-bond acceptors (Lipinski definition) is 6. The largest absolute Gasteiger partial charge is 0.496 e. The van der Waals surface area contributed by atoms with Gasteiger partial charge >= 0.3 is 6.03 Å². The molecule has 3 aliphatic heterocycles. The molecular formula is C26H29BrN4O5. The second kappa shape index (κ2) is 9.15. The summed E-state index contributed by atoms with van der Waals surface area (Å²) in [6, 6.07) is 10.2. The Labute approximate surface area is 217 Å². The third kappa shape index (κ3) is 3.96. The van der Waals surface area contributed by atoms with Crippen molar-refractivity contribution in [1.29, 1.82) is 0 Å². The van der Waals surface area contributed by atoms with Gasteiger partial charge in [0, 0.05) is 68.8 Å². The van der Waals surface area contributed by atoms with E-state index in [1.54, 1.807) is 25.3 Å². The van der Waals surface area contributed by atoms with Gasteiger partial charge in [-0.2, -0.15) is 0 Å². The monoisotopic (exact) mass is 556 g/mol. The average Bonchev–Trinajstić information content (AvgIpc) is 2.86. The van der Waals surface area contributed by atoms with E-state index < -0.39 is 23.3 Å². The quantitative estimate of drug-likeness (QED) is 0.525. The molecule has 36 heavy (non-hydrogen) atoms. The fourth-order valence-corrected chi connectivity index (χ4v) is 6.60. The number of urea groups is 1. The van der Waals surface area contributed by atoms with E-state index in [2.05, 4.69) is 20.8 Å². The van der Waals surface area contributed by atoms with E-state index in [4.69, 9.17) is 4.74 Å². The Balaban J connectivity index is 1.54. The number of barbiturate groups is 1. The molecule has 4 amide bonds. The predicted molar refractivity (Wildman–Crippen MR) is 136 cm³/mol. The predicted octanol–water partition coefficient (Wildman–Crippen LogP) is 2.32. The molecule has 0 saturated carbocycles. The van der Waals surface area contributed by atoms with Gasteiger partial charge in [-0.15, -0.1) is 0 Å². The van der Waals surface area contributed by atoms with Crippen LogP contribution in [-0.2, 0) is 22.6 Å². The number of pyridine rings is 1. The van der Waals surface area contributed by atoms with Crippen LogP contribution in [0, 0.1) is 11.3 Å². The van der Waals surface area contributed by atoms with Crippen LogP contribution in [0.3, 0.4) is 0 Å². The number of ether oxygens (including phenoxy) is 1. The van der Waals surface area contributed by atoms with Crippen molar-refractivity contribution in [2.45, 2.75) is 25.3 Å². The Bertz CT molecular complexity index is 1280. The second-order valence-corrected chi connectivity index (χ2v) is 11.0. The van der Waals surface area contributed by atoms with Gasteiger partial charge in [0.25, 0.3) is 5.56 Å². The van der Waals surface area contributed by atoms with Crippen molar-refractivity contribution in [2.75, 3.05) is 40.8 Å². The Morgan fingerprint density at radius 1 is 1.00 bits per heavy atom. The molecule has 2 bridgehead atoms. The molecule has 0 radical (unpaired) electrons. The van der Waals surface area contributed by atoms with Crippen LogP contribution in [0.25, 0.3) is 0 Å². The zero-order valence-corrected chi connectivity index (χ0v) is 22.2. The van der Waals surface area contributed by atoms with Crippen LogP contribution in [0.2, 0.25) is 0 Å². The SMILES string of the molecule is COc1ccc(Br)cc1CC1(CN2C[C@@H]3C[C@H](C2)c2cccc(=O)n2C3)C(=O)N(C)C(=O)N(C)C1=O. The lowest BCUT2D eigenvalue weighted by atomic mass is 9.75. The fourth-order valence-electron chi connectivity index (χ4n) is 6.19. The smallest absolute Gasteiger partial charge is 0.332 e. The number of methoxy groups -OCH3 is 1. The summed E-state index contributed by atoms with van der Waals surface area (Å²) >= 11 is 3.49. The maximum atomic E-state index is 13.8. The van der Waals surface area contributed by atoms with Crippen LogP contribution >= 0.6 is 15.9 Å². The van der Waals surface area contributed by atoms with Gasteiger partial charge in [-0.1, -0.05) is 22.0 Å². The average molecular weight is 557 g/mol. The van der Waals surface area contributed by atoms with Crippen molar-refractivity contribution in [1.82, 2.24) is 19.3 Å². The number of nitrogens with zero attached hydrogens (tertiary/aromatic N) is 4. The summed E-state index contributed by atoms with van der Waals surface area (Å²) in [5.74, 6) is -0.0754. The van der Waals surface area contributed by atoms with Gasteiger partial charge in [-0.3, -0.25) is 24.2 Å². The second-order valence-electron chi connectivity index (χ2n) is 10.1. The molecule has 2 atom stereocenters. The first-order valence-electron chi connectivity index (χ1n) is 12.0. The van der Waals surface area contributed by atoms with Gasteiger partial charge < -0.3 is 14.2 Å². The standard InChI is InChI=1S/C26H29BrN4O5/c1-28-23(33)26(24(34)29(2)25(28)35,11-17-10-19(27)7-8-21(17)36-3)15-30-12-16-9-18(14-30)20-5-4-6-22(32)31(20)13-16/h4-8,10,16,18H,9,11-15H2,1-3H3/t16-,18+/m0/s1. The zero-order chi connectivity index (χ0) is 25.8. The molecule has 2 aromatic rings. The Kier molecular flexibility index (Phi) is 6.28. The molecule has 0 N–H and O–H groups in total. The molecule has 5 rings (SSSR count). The van der Waals surface area contributed by atoms with Crippen LogP contribution in [0.15, 0.2) is 45.7 Å². The Morgan fingerprint density at radius 2 is 1.72 bits per heavy atom. The van der Waals surface area contributed by atoms with Crippen molar-refractivity contribution >= 4 is 33.8 Å². The van der Waals surface area contributed by atoms with Gasteiger partial charge in [-0.25, -0.2) is 4.79 Å². The van der Waals surface area contributed by atoms with Crippen LogP contribution in [0.1, 0.15) is 23.6 Å². The van der Waals surface area contributed by atoms with Crippen molar-refractivity contribution in [3.05, 3.63) is 62.5 Å². The zero-order valence-electron chi connectivity index (χ0n) is 20.6. The van der Waals surface area contributed by atoms with E-state index in [-0.39, 0.29) is 30.4 Å². The molecule has 3 aliphatic rings. The van der Waals surface area contributed by atoms with Crippen molar-refractivity contribution in [3.63, 3.8) is 0 Å². The molecule has 0 spiro atoms. The summed E-state index contributed by atoms with van der Waals surface area (Å²) in [6.45, 7) is 2.08. The molecule has 2 saturated heterocycles. The summed E-state index contributed by atoms with van der Waals surface area (Å²) in [4.78, 5) is 56.9. The molecule has 10 heteroatoms. The van der Waals surface area contributed by atoms with Crippen LogP contribution < -0.4 is 10.3 Å². The lowest BCUT2D eigenvalue weighted by Gasteiger charge is -2.48. The number of benzene rings is 1. The van der Waals surface area contributed by atoms with Crippen LogP contribution in [-0.4, -0.2) is 78.0 Å². The van der Waals surface area contributed by atoms with E-state index >= 15 is 0 Å². The van der Waals surface area contributed by atoms with E-state index in [1.165, 1.54) is 14.1 Å². The lowest BCUT2D eigenvalue weighted by Crippen LogP contribution is -2.67. The number of aromatic nitrogens is 1. The highest BCUT2D eigenvalue weighted by atomic mass is 79.9. The number of carbonyl (C=O) groups is 3. The molecule has 1 aromatic heterocycles. The van der Waals surface area contributed by atoms with Crippen molar-refractivity contribution in [2.24, 2.45) is 11.3 Å². The number of rotatable bonds is 5. The fraction of sp³-hybridized carbons (Fsp3) is 0.462. The van der Waals surface area contributed by atoms with Gasteiger partial charge in [0.05, 0.1) is 7.11 Å². The highest BCUT2D eigenvalue weighted by Gasteiger charge is 2.57. The van der Waals surface area contributed by atoms with Crippen LogP contribution in [0.5, 0.6) is 5.75 Å². The molecule has 190 valence electrons. The molecule has 1 aromatic carbocycles. The molecule has 2 fully saturated rings. The molecule has 0 aliphatic carbocycles. The first kappa shape index (κ1) is 24.7. The number of hydrogen-bond donors (Lipinski definition) is 0. The third-order valence-electron chi connectivity index (χ3n) is 7.79. The molecule has 9 nitrogen and oxygen atoms in total. The summed E-state index contributed by atoms with van der Waals surface area (Å²) in [5, 5.41) is 0. The highest BCUT2D eigenvalue weighted by molar-refractivity contribution is 9.10. The van der Waals surface area contributed by atoms with E-state index in [9.17, 15) is 19.2 Å². The first-order valence-corrected chi connectivity index (χ1v) is 12.8. The van der Waals surface area contributed by atoms with Crippen molar-refractivity contribution in [3.8, 4) is 5.75 Å². The Hall–Kier alpha value is -2.98. The van der Waals surface area contributed by atoms with E-state index in [0.717, 1.165) is 26.4 Å². The minimum Gasteiger partial charge on any atom is -0.496 e. The van der Waals surface area contributed by atoms with Crippen molar-refractivity contribution < 1.29 is 19.1 Å². The molecule has 4 heterocycles. The molecular weight excluding hydrogens is 528 g/mol. The number of halogens is 1. The Morgan fingerprint density at radius 3 is 2.42 bits per heavy atom. The third-order valence-corrected chi connectivity index (χ3v) is 8.28. The van der Waals surface area contributed by atoms with Gasteiger partial charge in [-0.05, 0) is 42.2 Å². The topological polar surface area (TPSA) is 92.2 Å². The summed E-state index contributed by atoms with van der Waals surface area (Å²) < 4.78 is 8.21. The number of likely N-dealkylation sites (tertiary alicyclic amines) is 1. The maximum Gasteiger partial charge on any atom is 0.332 e. The van der Waals surface area contributed by atoms with Gasteiger partial charge in [0.15, 0.2) is 0 Å². The highest BCUT2D eigenvalue weighted by Crippen LogP contribution is 2.40. The van der Waals surface area contributed by atoms with E-state index in [1.807, 2.05) is 22.8 Å². The van der Waals surface area contributed by atoms with E-state index in [0.29, 0.717) is 30.9 Å². The number of carbonyl (C=O) groups excluding carboxylic acids is 3. The number of amides is 4. The van der Waals surface area contributed by atoms with Gasteiger partial charge in [0.1, 0.15) is 11.2 Å². The maximum absolute atomic E-state index is 13.8. The number of imide groups is 2. The summed E-state index contributed by atoms with van der Waals surface area (Å²) in [5.41, 5.74) is 0.219. The minimum atomic E-state index is -1.49. The first-order chi connectivity index (χ1) is 17.1. The minimum absolute atomic E-state index is 0.00766.